The molecule has 4 aromatic rings. The number of halogens is 1. The van der Waals surface area contributed by atoms with Gasteiger partial charge in [0.1, 0.15) is 0 Å². The van der Waals surface area contributed by atoms with E-state index in [0.717, 1.165) is 16.6 Å². The number of hydrogen-bond acceptors (Lipinski definition) is 7. The van der Waals surface area contributed by atoms with E-state index < -0.39 is 0 Å². The first kappa shape index (κ1) is 24.4. The molecule has 3 aromatic carbocycles. The van der Waals surface area contributed by atoms with Crippen LogP contribution in [0.4, 0.5) is 0 Å². The molecule has 1 amide bonds. The molecule has 0 aliphatic rings. The number of phenolic OH excluding ortho intramolecular Hbond substituents is 1. The van der Waals surface area contributed by atoms with E-state index in [1.54, 1.807) is 12.1 Å². The summed E-state index contributed by atoms with van der Waals surface area (Å²) in [6.45, 7) is 0.535. The molecule has 0 saturated carbocycles. The Hall–Kier alpha value is -3.69. The molecular weight excluding hydrogens is 488 g/mol. The van der Waals surface area contributed by atoms with Gasteiger partial charge in [0, 0.05) is 10.6 Å². The minimum absolute atomic E-state index is 0.104. The van der Waals surface area contributed by atoms with Crippen LogP contribution in [0, 0.1) is 0 Å². The lowest BCUT2D eigenvalue weighted by Crippen LogP contribution is -2.20. The highest BCUT2D eigenvalue weighted by atomic mass is 35.5. The van der Waals surface area contributed by atoms with Crippen molar-refractivity contribution in [3.05, 3.63) is 76.8 Å². The molecule has 4 rings (SSSR count). The van der Waals surface area contributed by atoms with Crippen molar-refractivity contribution in [2.45, 2.75) is 11.7 Å². The monoisotopic (exact) mass is 510 g/mol. The van der Waals surface area contributed by atoms with Gasteiger partial charge in [-0.1, -0.05) is 53.7 Å². The largest absolute Gasteiger partial charge is 0.502 e. The number of nitrogens with one attached hydrogen (secondary N) is 1. The van der Waals surface area contributed by atoms with E-state index in [4.69, 9.17) is 26.1 Å². The molecule has 0 aliphatic heterocycles. The van der Waals surface area contributed by atoms with Gasteiger partial charge in [0.05, 0.1) is 43.8 Å². The van der Waals surface area contributed by atoms with Crippen LogP contribution < -0.4 is 14.9 Å². The van der Waals surface area contributed by atoms with Crippen LogP contribution >= 0.6 is 23.4 Å². The number of rotatable bonds is 9. The van der Waals surface area contributed by atoms with Crippen LogP contribution in [0.5, 0.6) is 17.2 Å². The van der Waals surface area contributed by atoms with Gasteiger partial charge in [-0.3, -0.25) is 4.79 Å². The summed E-state index contributed by atoms with van der Waals surface area (Å²) >= 11 is 7.69. The van der Waals surface area contributed by atoms with Crippen molar-refractivity contribution in [3.63, 3.8) is 0 Å². The zero-order chi connectivity index (χ0) is 24.8. The van der Waals surface area contributed by atoms with Crippen molar-refractivity contribution in [3.8, 4) is 17.2 Å². The van der Waals surface area contributed by atoms with Crippen LogP contribution in [0.2, 0.25) is 5.02 Å². The van der Waals surface area contributed by atoms with Crippen molar-refractivity contribution in [2.75, 3.05) is 20.0 Å². The van der Waals surface area contributed by atoms with Gasteiger partial charge in [-0.25, -0.2) is 10.4 Å². The number of ether oxygens (including phenoxy) is 2. The van der Waals surface area contributed by atoms with Crippen molar-refractivity contribution in [2.24, 2.45) is 5.10 Å². The number of aromatic hydroxyl groups is 1. The van der Waals surface area contributed by atoms with Crippen LogP contribution in [0.3, 0.4) is 0 Å². The SMILES string of the molecule is COc1cc(C=NNC(=O)CSc2nc3ccccc3n2Cc2ccccc2Cl)cc(OC)c1O. The number of benzene rings is 3. The average molecular weight is 511 g/mol. The van der Waals surface area contributed by atoms with Crippen molar-refractivity contribution >= 4 is 46.5 Å². The number of imidazole rings is 1. The quantitative estimate of drug-likeness (QED) is 0.192. The molecule has 0 aliphatic carbocycles. The summed E-state index contributed by atoms with van der Waals surface area (Å²) in [6, 6.07) is 18.6. The topological polar surface area (TPSA) is 98.0 Å². The number of carbonyl (C=O) groups excluding carboxylic acids is 1. The van der Waals surface area contributed by atoms with E-state index in [1.807, 2.05) is 53.1 Å². The van der Waals surface area contributed by atoms with Crippen LogP contribution in [-0.4, -0.2) is 46.8 Å². The molecule has 1 heterocycles. The first-order chi connectivity index (χ1) is 17.0. The average Bonchev–Trinajstić information content (AvgIpc) is 3.22. The molecule has 35 heavy (non-hydrogen) atoms. The lowest BCUT2D eigenvalue weighted by atomic mass is 10.2. The van der Waals surface area contributed by atoms with E-state index in [9.17, 15) is 9.90 Å². The fraction of sp³-hybridized carbons (Fsp3) is 0.160. The molecule has 180 valence electrons. The smallest absolute Gasteiger partial charge is 0.250 e. The summed E-state index contributed by atoms with van der Waals surface area (Å²) in [4.78, 5) is 17.2. The zero-order valence-electron chi connectivity index (χ0n) is 19.1. The highest BCUT2D eigenvalue weighted by Gasteiger charge is 2.14. The van der Waals surface area contributed by atoms with Gasteiger partial charge in [0.15, 0.2) is 16.7 Å². The summed E-state index contributed by atoms with van der Waals surface area (Å²) in [7, 11) is 2.88. The molecule has 0 bridgehead atoms. The number of fused-ring (bicyclic) bond motifs is 1. The Morgan fingerprint density at radius 1 is 1.14 bits per heavy atom. The fourth-order valence-corrected chi connectivity index (χ4v) is 4.44. The normalized spacial score (nSPS) is 11.2. The summed E-state index contributed by atoms with van der Waals surface area (Å²) in [5.74, 6) is 0.202. The number of hydrogen-bond donors (Lipinski definition) is 2. The first-order valence-electron chi connectivity index (χ1n) is 10.6. The molecule has 8 nitrogen and oxygen atoms in total. The molecule has 0 saturated heterocycles. The number of amides is 1. The van der Waals surface area contributed by atoms with E-state index in [0.29, 0.717) is 22.3 Å². The van der Waals surface area contributed by atoms with Crippen molar-refractivity contribution in [1.29, 1.82) is 0 Å². The third-order valence-electron chi connectivity index (χ3n) is 5.14. The molecule has 0 radical (unpaired) electrons. The Balaban J connectivity index is 1.45. The number of aromatic nitrogens is 2. The Bertz CT molecular complexity index is 1360. The summed E-state index contributed by atoms with van der Waals surface area (Å²) in [5.41, 5.74) is 5.87. The zero-order valence-corrected chi connectivity index (χ0v) is 20.6. The number of hydrazone groups is 1. The summed E-state index contributed by atoms with van der Waals surface area (Å²) in [6.07, 6.45) is 1.44. The van der Waals surface area contributed by atoms with Gasteiger partial charge >= 0.3 is 0 Å². The van der Waals surface area contributed by atoms with Gasteiger partial charge < -0.3 is 19.1 Å². The molecule has 2 N–H and O–H groups in total. The lowest BCUT2D eigenvalue weighted by Gasteiger charge is -2.10. The summed E-state index contributed by atoms with van der Waals surface area (Å²) < 4.78 is 12.3. The van der Waals surface area contributed by atoms with E-state index >= 15 is 0 Å². The fourth-order valence-electron chi connectivity index (χ4n) is 3.44. The Morgan fingerprint density at radius 3 is 2.54 bits per heavy atom. The highest BCUT2D eigenvalue weighted by Crippen LogP contribution is 2.36. The Morgan fingerprint density at radius 2 is 1.83 bits per heavy atom. The second-order valence-electron chi connectivity index (χ2n) is 7.42. The van der Waals surface area contributed by atoms with Crippen LogP contribution in [-0.2, 0) is 11.3 Å². The summed E-state index contributed by atoms with van der Waals surface area (Å²) in [5, 5.41) is 15.4. The standard InChI is InChI=1S/C25H23ClN4O4S/c1-33-21-11-16(12-22(34-2)24(21)32)13-27-29-23(31)15-35-25-28-19-9-5-6-10-20(19)30(25)14-17-7-3-4-8-18(17)26/h3-13,32H,14-15H2,1-2H3,(H,29,31). The number of phenols is 1. The van der Waals surface area contributed by atoms with Gasteiger partial charge in [0.25, 0.3) is 5.91 Å². The number of methoxy groups -OCH3 is 2. The Labute approximate surface area is 211 Å². The number of nitrogens with zero attached hydrogens (tertiary/aromatic N) is 3. The highest BCUT2D eigenvalue weighted by molar-refractivity contribution is 7.99. The third-order valence-corrected chi connectivity index (χ3v) is 6.49. The second kappa shape index (κ2) is 11.2. The number of carbonyl (C=O) groups is 1. The Kier molecular flexibility index (Phi) is 7.79. The number of para-hydroxylation sites is 2. The molecule has 0 atom stereocenters. The minimum Gasteiger partial charge on any atom is -0.502 e. The maximum absolute atomic E-state index is 12.5. The molecule has 0 unspecified atom stereocenters. The van der Waals surface area contributed by atoms with Gasteiger partial charge in [-0.15, -0.1) is 0 Å². The first-order valence-corrected chi connectivity index (χ1v) is 11.9. The molecule has 1 aromatic heterocycles. The third kappa shape index (κ3) is 5.70. The number of thioether (sulfide) groups is 1. The van der Waals surface area contributed by atoms with Crippen LogP contribution in [0.1, 0.15) is 11.1 Å². The lowest BCUT2D eigenvalue weighted by molar-refractivity contribution is -0.118. The van der Waals surface area contributed by atoms with Crippen molar-refractivity contribution < 1.29 is 19.4 Å². The van der Waals surface area contributed by atoms with E-state index in [2.05, 4.69) is 10.5 Å². The minimum atomic E-state index is -0.291. The predicted molar refractivity (Wildman–Crippen MR) is 138 cm³/mol. The van der Waals surface area contributed by atoms with Crippen LogP contribution in [0.15, 0.2) is 70.9 Å². The maximum Gasteiger partial charge on any atom is 0.250 e. The van der Waals surface area contributed by atoms with Gasteiger partial charge in [-0.05, 0) is 35.9 Å². The molecule has 10 heteroatoms. The molecule has 0 fully saturated rings. The molecule has 0 spiro atoms. The second-order valence-corrected chi connectivity index (χ2v) is 8.77. The van der Waals surface area contributed by atoms with Crippen molar-refractivity contribution in [1.82, 2.24) is 15.0 Å². The van der Waals surface area contributed by atoms with E-state index in [-0.39, 0.29) is 28.9 Å². The van der Waals surface area contributed by atoms with Gasteiger partial charge in [-0.2, -0.15) is 5.10 Å². The molecular formula is C25H23ClN4O4S. The van der Waals surface area contributed by atoms with E-state index in [1.165, 1.54) is 32.2 Å². The maximum atomic E-state index is 12.5. The van der Waals surface area contributed by atoms with Crippen LogP contribution in [0.25, 0.3) is 11.0 Å². The van der Waals surface area contributed by atoms with Gasteiger partial charge in [0.2, 0.25) is 5.75 Å². The predicted octanol–water partition coefficient (Wildman–Crippen LogP) is 4.70.